The van der Waals surface area contributed by atoms with Crippen molar-refractivity contribution in [3.05, 3.63) is 35.9 Å². The molecule has 2 aliphatic carbocycles. The molecule has 2 saturated carbocycles. The summed E-state index contributed by atoms with van der Waals surface area (Å²) in [6.45, 7) is 2.03. The van der Waals surface area contributed by atoms with Gasteiger partial charge >= 0.3 is 0 Å². The van der Waals surface area contributed by atoms with Crippen LogP contribution < -0.4 is 10.6 Å². The van der Waals surface area contributed by atoms with E-state index < -0.39 is 0 Å². The van der Waals surface area contributed by atoms with Gasteiger partial charge in [-0.3, -0.25) is 9.59 Å². The molecule has 3 rings (SSSR count). The number of hydrogen-bond donors (Lipinski definition) is 2. The summed E-state index contributed by atoms with van der Waals surface area (Å²) >= 11 is 0. The standard InChI is InChI=1S/C23H34N2O2/c1-17(18-9-5-4-6-10-18)24-22(26)19-13-15-20(16-14-19)23(27)25-21-11-7-2-3-8-12-21/h4-6,9-10,17,19-21H,2-3,7-8,11-16H2,1H3,(H,24,26)(H,25,27). The van der Waals surface area contributed by atoms with Crippen LogP contribution in [0.2, 0.25) is 0 Å². The Morgan fingerprint density at radius 3 is 1.96 bits per heavy atom. The lowest BCUT2D eigenvalue weighted by molar-refractivity contribution is -0.131. The number of benzene rings is 1. The summed E-state index contributed by atoms with van der Waals surface area (Å²) in [5, 5.41) is 6.43. The number of carbonyl (C=O) groups is 2. The van der Waals surface area contributed by atoms with Gasteiger partial charge in [0, 0.05) is 17.9 Å². The Morgan fingerprint density at radius 2 is 1.37 bits per heavy atom. The van der Waals surface area contributed by atoms with E-state index in [1.165, 1.54) is 25.7 Å². The smallest absolute Gasteiger partial charge is 0.223 e. The van der Waals surface area contributed by atoms with Gasteiger partial charge in [0.15, 0.2) is 0 Å². The number of hydrogen-bond acceptors (Lipinski definition) is 2. The van der Waals surface area contributed by atoms with E-state index in [1.807, 2.05) is 37.3 Å². The van der Waals surface area contributed by atoms with E-state index in [9.17, 15) is 9.59 Å². The topological polar surface area (TPSA) is 58.2 Å². The summed E-state index contributed by atoms with van der Waals surface area (Å²) < 4.78 is 0. The molecule has 1 aromatic carbocycles. The molecule has 1 atom stereocenters. The van der Waals surface area contributed by atoms with Gasteiger partial charge in [-0.15, -0.1) is 0 Å². The monoisotopic (exact) mass is 370 g/mol. The molecule has 4 heteroatoms. The van der Waals surface area contributed by atoms with Gasteiger partial charge in [-0.25, -0.2) is 0 Å². The molecule has 0 heterocycles. The van der Waals surface area contributed by atoms with E-state index >= 15 is 0 Å². The summed E-state index contributed by atoms with van der Waals surface area (Å²) in [5.41, 5.74) is 1.13. The van der Waals surface area contributed by atoms with Crippen molar-refractivity contribution in [3.63, 3.8) is 0 Å². The molecule has 0 saturated heterocycles. The zero-order valence-corrected chi connectivity index (χ0v) is 16.6. The highest BCUT2D eigenvalue weighted by molar-refractivity contribution is 5.81. The van der Waals surface area contributed by atoms with E-state index in [0.29, 0.717) is 6.04 Å². The molecule has 0 spiro atoms. The summed E-state index contributed by atoms with van der Waals surface area (Å²) in [5.74, 6) is 0.481. The molecule has 0 bridgehead atoms. The lowest BCUT2D eigenvalue weighted by Crippen LogP contribution is -2.41. The van der Waals surface area contributed by atoms with Crippen LogP contribution in [-0.2, 0) is 9.59 Å². The minimum Gasteiger partial charge on any atom is -0.353 e. The summed E-state index contributed by atoms with van der Waals surface area (Å²) in [7, 11) is 0. The highest BCUT2D eigenvalue weighted by Crippen LogP contribution is 2.30. The fourth-order valence-electron chi connectivity index (χ4n) is 4.52. The predicted molar refractivity (Wildman–Crippen MR) is 108 cm³/mol. The van der Waals surface area contributed by atoms with Gasteiger partial charge in [-0.05, 0) is 51.0 Å². The van der Waals surface area contributed by atoms with Crippen molar-refractivity contribution in [2.45, 2.75) is 83.2 Å². The van der Waals surface area contributed by atoms with Crippen LogP contribution in [-0.4, -0.2) is 17.9 Å². The molecule has 27 heavy (non-hydrogen) atoms. The van der Waals surface area contributed by atoms with Crippen LogP contribution in [0.1, 0.15) is 82.7 Å². The minimum absolute atomic E-state index is 0.0231. The van der Waals surface area contributed by atoms with Crippen LogP contribution in [0.5, 0.6) is 0 Å². The van der Waals surface area contributed by atoms with Crippen LogP contribution in [0.4, 0.5) is 0 Å². The number of nitrogens with one attached hydrogen (secondary N) is 2. The second-order valence-corrected chi connectivity index (χ2v) is 8.39. The zero-order valence-electron chi connectivity index (χ0n) is 16.6. The van der Waals surface area contributed by atoms with Crippen molar-refractivity contribution in [1.82, 2.24) is 10.6 Å². The normalized spacial score (nSPS) is 25.2. The molecule has 0 aromatic heterocycles. The first-order valence-corrected chi connectivity index (χ1v) is 10.8. The molecule has 2 N–H and O–H groups in total. The third-order valence-electron chi connectivity index (χ3n) is 6.33. The molecule has 4 nitrogen and oxygen atoms in total. The Labute approximate surface area is 163 Å². The van der Waals surface area contributed by atoms with Gasteiger partial charge in [-0.2, -0.15) is 0 Å². The Hall–Kier alpha value is -1.84. The Bertz CT molecular complexity index is 600. The van der Waals surface area contributed by atoms with Crippen molar-refractivity contribution >= 4 is 11.8 Å². The van der Waals surface area contributed by atoms with E-state index in [1.54, 1.807) is 0 Å². The first-order chi connectivity index (χ1) is 13.1. The van der Waals surface area contributed by atoms with Crippen LogP contribution in [0.25, 0.3) is 0 Å². The van der Waals surface area contributed by atoms with Crippen LogP contribution in [0.3, 0.4) is 0 Å². The third kappa shape index (κ3) is 5.82. The molecule has 2 fully saturated rings. The molecule has 0 aliphatic heterocycles. The Kier molecular flexibility index (Phi) is 7.31. The van der Waals surface area contributed by atoms with Gasteiger partial charge < -0.3 is 10.6 Å². The molecular weight excluding hydrogens is 336 g/mol. The Balaban J connectivity index is 1.42. The molecule has 1 aromatic rings. The first kappa shape index (κ1) is 19.9. The second kappa shape index (κ2) is 9.91. The fraction of sp³-hybridized carbons (Fsp3) is 0.652. The number of carbonyl (C=O) groups excluding carboxylic acids is 2. The largest absolute Gasteiger partial charge is 0.353 e. The average Bonchev–Trinajstić information content (AvgIpc) is 2.97. The second-order valence-electron chi connectivity index (χ2n) is 8.39. The van der Waals surface area contributed by atoms with E-state index in [-0.39, 0.29) is 29.7 Å². The summed E-state index contributed by atoms with van der Waals surface area (Å²) in [6, 6.07) is 10.5. The van der Waals surface area contributed by atoms with E-state index in [2.05, 4.69) is 10.6 Å². The van der Waals surface area contributed by atoms with Gasteiger partial charge in [0.2, 0.25) is 11.8 Å². The molecule has 2 aliphatic rings. The van der Waals surface area contributed by atoms with Gasteiger partial charge in [-0.1, -0.05) is 56.0 Å². The summed E-state index contributed by atoms with van der Waals surface area (Å²) in [4.78, 5) is 25.2. The number of amides is 2. The van der Waals surface area contributed by atoms with Crippen molar-refractivity contribution in [2.75, 3.05) is 0 Å². The lowest BCUT2D eigenvalue weighted by atomic mass is 9.81. The van der Waals surface area contributed by atoms with Crippen LogP contribution >= 0.6 is 0 Å². The average molecular weight is 371 g/mol. The van der Waals surface area contributed by atoms with Crippen molar-refractivity contribution < 1.29 is 9.59 Å². The van der Waals surface area contributed by atoms with Gasteiger partial charge in [0.25, 0.3) is 0 Å². The highest BCUT2D eigenvalue weighted by Gasteiger charge is 2.31. The maximum atomic E-state index is 12.6. The maximum absolute atomic E-state index is 12.6. The van der Waals surface area contributed by atoms with Crippen LogP contribution in [0.15, 0.2) is 30.3 Å². The highest BCUT2D eigenvalue weighted by atomic mass is 16.2. The molecule has 2 amide bonds. The number of rotatable bonds is 5. The maximum Gasteiger partial charge on any atom is 0.223 e. The van der Waals surface area contributed by atoms with Crippen molar-refractivity contribution in [1.29, 1.82) is 0 Å². The quantitative estimate of drug-likeness (QED) is 0.749. The molecular formula is C23H34N2O2. The molecule has 1 unspecified atom stereocenters. The van der Waals surface area contributed by atoms with Crippen molar-refractivity contribution in [2.24, 2.45) is 11.8 Å². The lowest BCUT2D eigenvalue weighted by Gasteiger charge is -2.29. The van der Waals surface area contributed by atoms with Crippen molar-refractivity contribution in [3.8, 4) is 0 Å². The zero-order chi connectivity index (χ0) is 19.1. The predicted octanol–water partition coefficient (Wildman–Crippen LogP) is 4.51. The fourth-order valence-corrected chi connectivity index (χ4v) is 4.52. The van der Waals surface area contributed by atoms with Crippen LogP contribution in [0, 0.1) is 11.8 Å². The minimum atomic E-state index is 0.0231. The summed E-state index contributed by atoms with van der Waals surface area (Å²) in [6.07, 6.45) is 10.6. The van der Waals surface area contributed by atoms with Gasteiger partial charge in [0.05, 0.1) is 6.04 Å². The van der Waals surface area contributed by atoms with E-state index in [0.717, 1.165) is 44.1 Å². The van der Waals surface area contributed by atoms with Gasteiger partial charge in [0.1, 0.15) is 0 Å². The first-order valence-electron chi connectivity index (χ1n) is 10.8. The Morgan fingerprint density at radius 1 is 0.815 bits per heavy atom. The molecule has 148 valence electrons. The van der Waals surface area contributed by atoms with E-state index in [4.69, 9.17) is 0 Å². The molecule has 0 radical (unpaired) electrons. The SMILES string of the molecule is CC(NC(=O)C1CCC(C(=O)NC2CCCCCC2)CC1)c1ccccc1. The third-order valence-corrected chi connectivity index (χ3v) is 6.33.